The zero-order valence-electron chi connectivity index (χ0n) is 11.1. The second kappa shape index (κ2) is 4.98. The van der Waals surface area contributed by atoms with Crippen molar-refractivity contribution in [2.24, 2.45) is 0 Å². The van der Waals surface area contributed by atoms with E-state index in [1.807, 2.05) is 12.4 Å². The number of hydrogen-bond donors (Lipinski definition) is 1. The minimum atomic E-state index is 0.230. The summed E-state index contributed by atoms with van der Waals surface area (Å²) in [6.45, 7) is 3.15. The van der Waals surface area contributed by atoms with Gasteiger partial charge in [0.25, 0.3) is 0 Å². The molecule has 0 bridgehead atoms. The predicted octanol–water partition coefficient (Wildman–Crippen LogP) is 2.83. The van der Waals surface area contributed by atoms with E-state index in [-0.39, 0.29) is 5.60 Å². The van der Waals surface area contributed by atoms with Gasteiger partial charge in [0.2, 0.25) is 0 Å². The second-order valence-electron chi connectivity index (χ2n) is 5.74. The topological polar surface area (TPSA) is 34.1 Å². The van der Waals surface area contributed by atoms with Crippen LogP contribution in [0.4, 0.5) is 0 Å². The van der Waals surface area contributed by atoms with Crippen LogP contribution < -0.4 is 5.32 Å². The number of rotatable bonds is 3. The van der Waals surface area contributed by atoms with Crippen LogP contribution in [-0.4, -0.2) is 23.2 Å². The molecule has 0 amide bonds. The van der Waals surface area contributed by atoms with Crippen molar-refractivity contribution in [2.75, 3.05) is 6.61 Å². The molecule has 2 heterocycles. The Balaban J connectivity index is 1.59. The van der Waals surface area contributed by atoms with Crippen molar-refractivity contribution < 1.29 is 4.74 Å². The van der Waals surface area contributed by atoms with Crippen molar-refractivity contribution in [3.8, 4) is 0 Å². The Kier molecular flexibility index (Phi) is 3.35. The van der Waals surface area contributed by atoms with E-state index in [4.69, 9.17) is 4.74 Å². The fourth-order valence-corrected chi connectivity index (χ4v) is 3.19. The molecule has 2 unspecified atom stereocenters. The van der Waals surface area contributed by atoms with Gasteiger partial charge in [-0.2, -0.15) is 0 Å². The van der Waals surface area contributed by atoms with E-state index >= 15 is 0 Å². The first-order chi connectivity index (χ1) is 8.77. The van der Waals surface area contributed by atoms with Crippen LogP contribution in [0.5, 0.6) is 0 Å². The van der Waals surface area contributed by atoms with Crippen LogP contribution in [0.25, 0.3) is 0 Å². The molecule has 3 heteroatoms. The first-order valence-electron chi connectivity index (χ1n) is 7.07. The maximum atomic E-state index is 5.97. The molecule has 3 rings (SSSR count). The van der Waals surface area contributed by atoms with Crippen molar-refractivity contribution in [3.05, 3.63) is 30.1 Å². The van der Waals surface area contributed by atoms with Gasteiger partial charge in [0.15, 0.2) is 0 Å². The van der Waals surface area contributed by atoms with Crippen LogP contribution in [0.1, 0.15) is 50.6 Å². The minimum Gasteiger partial charge on any atom is -0.375 e. The Hall–Kier alpha value is -0.930. The fraction of sp³-hybridized carbons (Fsp3) is 0.667. The highest BCUT2D eigenvalue weighted by Crippen LogP contribution is 2.42. The molecule has 1 N–H and O–H groups in total. The third-order valence-electron chi connectivity index (χ3n) is 4.45. The van der Waals surface area contributed by atoms with Gasteiger partial charge in [-0.1, -0.05) is 0 Å². The van der Waals surface area contributed by atoms with Crippen LogP contribution in [0.15, 0.2) is 24.5 Å². The van der Waals surface area contributed by atoms with E-state index in [1.165, 1.54) is 31.2 Å². The second-order valence-corrected chi connectivity index (χ2v) is 5.74. The van der Waals surface area contributed by atoms with Gasteiger partial charge in [0.1, 0.15) is 0 Å². The van der Waals surface area contributed by atoms with E-state index in [9.17, 15) is 0 Å². The standard InChI is InChI=1S/C15H22N2O/c1-12(13-3-8-16-9-4-13)17-14-5-10-18-15(11-14)6-2-7-15/h3-4,8-9,12,14,17H,2,5-7,10-11H2,1H3. The van der Waals surface area contributed by atoms with Gasteiger partial charge in [-0.15, -0.1) is 0 Å². The third-order valence-corrected chi connectivity index (χ3v) is 4.45. The van der Waals surface area contributed by atoms with Crippen LogP contribution in [0.3, 0.4) is 0 Å². The summed E-state index contributed by atoms with van der Waals surface area (Å²) in [6, 6.07) is 5.18. The number of nitrogens with zero attached hydrogens (tertiary/aromatic N) is 1. The molecule has 1 saturated heterocycles. The summed E-state index contributed by atoms with van der Waals surface area (Å²) >= 11 is 0. The fourth-order valence-electron chi connectivity index (χ4n) is 3.19. The molecule has 2 fully saturated rings. The number of pyridine rings is 1. The summed E-state index contributed by atoms with van der Waals surface area (Å²) in [5.41, 5.74) is 1.55. The quantitative estimate of drug-likeness (QED) is 0.890. The van der Waals surface area contributed by atoms with E-state index in [1.54, 1.807) is 0 Å². The van der Waals surface area contributed by atoms with Gasteiger partial charge in [-0.05, 0) is 56.7 Å². The van der Waals surface area contributed by atoms with Crippen molar-refractivity contribution >= 4 is 0 Å². The smallest absolute Gasteiger partial charge is 0.0697 e. The molecule has 2 aliphatic rings. The molecule has 1 aromatic rings. The van der Waals surface area contributed by atoms with Gasteiger partial charge in [-0.25, -0.2) is 0 Å². The molecule has 1 spiro atoms. The summed E-state index contributed by atoms with van der Waals surface area (Å²) in [7, 11) is 0. The van der Waals surface area contributed by atoms with E-state index in [2.05, 4.69) is 29.4 Å². The number of ether oxygens (including phenoxy) is 1. The maximum Gasteiger partial charge on any atom is 0.0697 e. The lowest BCUT2D eigenvalue weighted by Crippen LogP contribution is -2.51. The number of aromatic nitrogens is 1. The molecular formula is C15H22N2O. The Labute approximate surface area is 109 Å². The normalized spacial score (nSPS) is 27.7. The van der Waals surface area contributed by atoms with E-state index in [0.717, 1.165) is 13.0 Å². The maximum absolute atomic E-state index is 5.97. The molecule has 0 radical (unpaired) electrons. The summed E-state index contributed by atoms with van der Waals surface area (Å²) in [6.07, 6.45) is 9.91. The summed E-state index contributed by atoms with van der Waals surface area (Å²) in [5.74, 6) is 0. The lowest BCUT2D eigenvalue weighted by Gasteiger charge is -2.47. The van der Waals surface area contributed by atoms with Gasteiger partial charge in [-0.3, -0.25) is 4.98 Å². The largest absolute Gasteiger partial charge is 0.375 e. The summed E-state index contributed by atoms with van der Waals surface area (Å²) in [5, 5.41) is 3.75. The zero-order valence-corrected chi connectivity index (χ0v) is 11.1. The van der Waals surface area contributed by atoms with Gasteiger partial charge < -0.3 is 10.1 Å². The molecule has 3 nitrogen and oxygen atoms in total. The average Bonchev–Trinajstić information content (AvgIpc) is 2.38. The Bertz CT molecular complexity index is 389. The lowest BCUT2D eigenvalue weighted by atomic mass is 9.74. The molecule has 0 aromatic carbocycles. The third kappa shape index (κ3) is 2.43. The van der Waals surface area contributed by atoms with Crippen molar-refractivity contribution in [2.45, 2.75) is 56.7 Å². The molecule has 1 aromatic heterocycles. The van der Waals surface area contributed by atoms with E-state index < -0.39 is 0 Å². The summed E-state index contributed by atoms with van der Waals surface area (Å²) < 4.78 is 5.97. The zero-order chi connectivity index (χ0) is 12.4. The Morgan fingerprint density at radius 3 is 2.83 bits per heavy atom. The molecular weight excluding hydrogens is 224 g/mol. The molecule has 1 saturated carbocycles. The van der Waals surface area contributed by atoms with Crippen LogP contribution >= 0.6 is 0 Å². The Morgan fingerprint density at radius 2 is 2.17 bits per heavy atom. The lowest BCUT2D eigenvalue weighted by molar-refractivity contribution is -0.136. The highest BCUT2D eigenvalue weighted by atomic mass is 16.5. The van der Waals surface area contributed by atoms with Gasteiger partial charge >= 0.3 is 0 Å². The first kappa shape index (κ1) is 12.1. The minimum absolute atomic E-state index is 0.230. The first-order valence-corrected chi connectivity index (χ1v) is 7.07. The monoisotopic (exact) mass is 246 g/mol. The van der Waals surface area contributed by atoms with Crippen molar-refractivity contribution in [1.29, 1.82) is 0 Å². The molecule has 1 aliphatic carbocycles. The predicted molar refractivity (Wildman–Crippen MR) is 71.3 cm³/mol. The highest BCUT2D eigenvalue weighted by Gasteiger charge is 2.42. The van der Waals surface area contributed by atoms with Crippen LogP contribution in [0, 0.1) is 0 Å². The molecule has 98 valence electrons. The van der Waals surface area contributed by atoms with Crippen molar-refractivity contribution in [1.82, 2.24) is 10.3 Å². The van der Waals surface area contributed by atoms with Gasteiger partial charge in [0.05, 0.1) is 5.60 Å². The number of hydrogen-bond acceptors (Lipinski definition) is 3. The average molecular weight is 246 g/mol. The Morgan fingerprint density at radius 1 is 1.39 bits per heavy atom. The summed E-state index contributed by atoms with van der Waals surface area (Å²) in [4.78, 5) is 4.07. The molecule has 18 heavy (non-hydrogen) atoms. The van der Waals surface area contributed by atoms with Crippen LogP contribution in [-0.2, 0) is 4.74 Å². The highest BCUT2D eigenvalue weighted by molar-refractivity contribution is 5.14. The van der Waals surface area contributed by atoms with E-state index in [0.29, 0.717) is 12.1 Å². The van der Waals surface area contributed by atoms with Gasteiger partial charge in [0, 0.05) is 31.1 Å². The number of nitrogens with one attached hydrogen (secondary N) is 1. The SMILES string of the molecule is CC(NC1CCOC2(CCC2)C1)c1ccncc1. The molecule has 1 aliphatic heterocycles. The molecule has 2 atom stereocenters. The van der Waals surface area contributed by atoms with Crippen LogP contribution in [0.2, 0.25) is 0 Å². The van der Waals surface area contributed by atoms with Crippen molar-refractivity contribution in [3.63, 3.8) is 0 Å².